The van der Waals surface area contributed by atoms with Crippen molar-refractivity contribution in [1.82, 2.24) is 15.1 Å². The predicted octanol–water partition coefficient (Wildman–Crippen LogP) is 1.68. The maximum Gasteiger partial charge on any atom is 0.317 e. The first-order chi connectivity index (χ1) is 11.7. The molecule has 2 amide bonds. The Balaban J connectivity index is 1.94. The van der Waals surface area contributed by atoms with E-state index >= 15 is 0 Å². The molecule has 0 saturated carbocycles. The van der Waals surface area contributed by atoms with Crippen molar-refractivity contribution in [2.75, 3.05) is 39.9 Å². The molecule has 2 rings (SSSR count). The van der Waals surface area contributed by atoms with E-state index in [4.69, 9.17) is 4.74 Å². The van der Waals surface area contributed by atoms with Crippen LogP contribution < -0.4 is 10.1 Å². The number of likely N-dealkylation sites (tertiary alicyclic amines) is 1. The minimum Gasteiger partial charge on any atom is -0.496 e. The van der Waals surface area contributed by atoms with Crippen LogP contribution in [0.2, 0.25) is 0 Å². The van der Waals surface area contributed by atoms with Crippen molar-refractivity contribution in [1.29, 1.82) is 0 Å². The molecule has 0 spiro atoms. The van der Waals surface area contributed by atoms with Gasteiger partial charge < -0.3 is 20.1 Å². The number of benzene rings is 1. The molecule has 6 heteroatoms. The lowest BCUT2D eigenvalue weighted by atomic mass is 10.2. The molecule has 1 fully saturated rings. The number of nitrogens with one attached hydrogen (secondary N) is 1. The molecule has 0 aromatic heterocycles. The normalized spacial score (nSPS) is 17.7. The molecule has 134 valence electrons. The van der Waals surface area contributed by atoms with Gasteiger partial charge in [-0.25, -0.2) is 4.79 Å². The van der Waals surface area contributed by atoms with Crippen LogP contribution in [0.3, 0.4) is 0 Å². The fourth-order valence-electron chi connectivity index (χ4n) is 3.27. The highest BCUT2D eigenvalue weighted by molar-refractivity contribution is 5.74. The van der Waals surface area contributed by atoms with Crippen molar-refractivity contribution in [3.05, 3.63) is 29.8 Å². The first-order valence-corrected chi connectivity index (χ1v) is 8.69. The topological polar surface area (TPSA) is 65.0 Å². The second kappa shape index (κ2) is 9.49. The van der Waals surface area contributed by atoms with Crippen LogP contribution in [-0.4, -0.2) is 66.9 Å². The third kappa shape index (κ3) is 4.85. The summed E-state index contributed by atoms with van der Waals surface area (Å²) in [6, 6.07) is 7.91. The van der Waals surface area contributed by atoms with Gasteiger partial charge in [-0.2, -0.15) is 0 Å². The molecule has 1 heterocycles. The average molecular weight is 335 g/mol. The van der Waals surface area contributed by atoms with E-state index in [1.807, 2.05) is 24.3 Å². The van der Waals surface area contributed by atoms with E-state index in [0.717, 1.165) is 30.8 Å². The number of urea groups is 1. The number of ether oxygens (including phenoxy) is 1. The van der Waals surface area contributed by atoms with Crippen LogP contribution in [0.5, 0.6) is 5.75 Å². The van der Waals surface area contributed by atoms with Gasteiger partial charge in [-0.15, -0.1) is 0 Å². The minimum atomic E-state index is -0.141. The van der Waals surface area contributed by atoms with Crippen molar-refractivity contribution in [2.24, 2.45) is 0 Å². The van der Waals surface area contributed by atoms with E-state index in [0.29, 0.717) is 25.7 Å². The van der Waals surface area contributed by atoms with E-state index in [9.17, 15) is 9.90 Å². The molecule has 24 heavy (non-hydrogen) atoms. The summed E-state index contributed by atoms with van der Waals surface area (Å²) in [4.78, 5) is 16.6. The highest BCUT2D eigenvalue weighted by Gasteiger charge is 2.24. The van der Waals surface area contributed by atoms with Crippen molar-refractivity contribution < 1.29 is 14.6 Å². The Morgan fingerprint density at radius 2 is 2.25 bits per heavy atom. The maximum atomic E-state index is 12.5. The van der Waals surface area contributed by atoms with Crippen LogP contribution in [0, 0.1) is 0 Å². The Morgan fingerprint density at radius 3 is 2.96 bits per heavy atom. The molecule has 1 aromatic rings. The number of rotatable bonds is 8. The fraction of sp³-hybridized carbons (Fsp3) is 0.611. The third-order valence-corrected chi connectivity index (χ3v) is 4.61. The van der Waals surface area contributed by atoms with Gasteiger partial charge in [0.05, 0.1) is 20.3 Å². The summed E-state index contributed by atoms with van der Waals surface area (Å²) in [5.41, 5.74) is 0.930. The van der Waals surface area contributed by atoms with Gasteiger partial charge in [0.15, 0.2) is 0 Å². The third-order valence-electron chi connectivity index (χ3n) is 4.61. The monoisotopic (exact) mass is 335 g/mol. The quantitative estimate of drug-likeness (QED) is 0.759. The van der Waals surface area contributed by atoms with Crippen molar-refractivity contribution in [2.45, 2.75) is 32.4 Å². The van der Waals surface area contributed by atoms with Crippen molar-refractivity contribution in [3.8, 4) is 5.75 Å². The van der Waals surface area contributed by atoms with Gasteiger partial charge in [-0.05, 0) is 32.0 Å². The number of aliphatic hydroxyl groups excluding tert-OH is 1. The zero-order valence-electron chi connectivity index (χ0n) is 14.7. The van der Waals surface area contributed by atoms with E-state index in [-0.39, 0.29) is 12.6 Å². The number of para-hydroxylation sites is 1. The lowest BCUT2D eigenvalue weighted by Gasteiger charge is -2.26. The molecule has 1 aromatic carbocycles. The molecule has 0 radical (unpaired) electrons. The molecular formula is C18H29N3O3. The Labute approximate surface area is 144 Å². The summed E-state index contributed by atoms with van der Waals surface area (Å²) in [5, 5.41) is 12.3. The van der Waals surface area contributed by atoms with Crippen LogP contribution in [0.15, 0.2) is 24.3 Å². The van der Waals surface area contributed by atoms with Gasteiger partial charge in [0.2, 0.25) is 0 Å². The summed E-state index contributed by atoms with van der Waals surface area (Å²) in [7, 11) is 1.62. The average Bonchev–Trinajstić information content (AvgIpc) is 3.07. The van der Waals surface area contributed by atoms with Crippen molar-refractivity contribution >= 4 is 6.03 Å². The second-order valence-corrected chi connectivity index (χ2v) is 6.07. The van der Waals surface area contributed by atoms with E-state index in [1.165, 1.54) is 6.42 Å². The van der Waals surface area contributed by atoms with Crippen LogP contribution in [0.25, 0.3) is 0 Å². The molecule has 1 aliphatic heterocycles. The van der Waals surface area contributed by atoms with E-state index in [2.05, 4.69) is 17.1 Å². The number of amides is 2. The lowest BCUT2D eigenvalue weighted by Crippen LogP contribution is -2.46. The number of nitrogens with zero attached hydrogens (tertiary/aromatic N) is 2. The molecule has 1 atom stereocenters. The molecule has 0 aliphatic carbocycles. The smallest absolute Gasteiger partial charge is 0.317 e. The number of hydrogen-bond donors (Lipinski definition) is 2. The Hall–Kier alpha value is -1.79. The van der Waals surface area contributed by atoms with Gasteiger partial charge in [0.1, 0.15) is 5.75 Å². The number of carbonyl (C=O) groups is 1. The largest absolute Gasteiger partial charge is 0.496 e. The number of carbonyl (C=O) groups excluding carboxylic acids is 1. The standard InChI is InChI=1S/C18H29N3O3/c1-3-20-10-6-8-16(20)13-19-18(23)21(11-12-22)14-15-7-4-5-9-17(15)24-2/h4-5,7,9,16,22H,3,6,8,10-14H2,1-2H3,(H,19,23)/t16-/m0/s1. The number of likely N-dealkylation sites (N-methyl/N-ethyl adjacent to an activating group) is 1. The Morgan fingerprint density at radius 1 is 1.46 bits per heavy atom. The summed E-state index contributed by atoms with van der Waals surface area (Å²) >= 11 is 0. The maximum absolute atomic E-state index is 12.5. The highest BCUT2D eigenvalue weighted by atomic mass is 16.5. The zero-order chi connectivity index (χ0) is 17.4. The number of methoxy groups -OCH3 is 1. The molecule has 1 aliphatic rings. The lowest BCUT2D eigenvalue weighted by molar-refractivity contribution is 0.169. The van der Waals surface area contributed by atoms with Gasteiger partial charge in [0, 0.05) is 24.7 Å². The summed E-state index contributed by atoms with van der Waals surface area (Å²) in [6.07, 6.45) is 2.32. The first-order valence-electron chi connectivity index (χ1n) is 8.69. The molecule has 1 saturated heterocycles. The predicted molar refractivity (Wildman–Crippen MR) is 94.2 cm³/mol. The summed E-state index contributed by atoms with van der Waals surface area (Å²) in [5.74, 6) is 0.751. The first kappa shape index (κ1) is 18.5. The molecule has 2 N–H and O–H groups in total. The van der Waals surface area contributed by atoms with Gasteiger partial charge >= 0.3 is 6.03 Å². The second-order valence-electron chi connectivity index (χ2n) is 6.07. The summed E-state index contributed by atoms with van der Waals surface area (Å²) < 4.78 is 5.35. The molecule has 0 bridgehead atoms. The molecular weight excluding hydrogens is 306 g/mol. The van der Waals surface area contributed by atoms with Crippen molar-refractivity contribution in [3.63, 3.8) is 0 Å². The van der Waals surface area contributed by atoms with Crippen LogP contribution >= 0.6 is 0 Å². The van der Waals surface area contributed by atoms with Crippen LogP contribution in [-0.2, 0) is 6.54 Å². The Kier molecular flexibility index (Phi) is 7.34. The highest BCUT2D eigenvalue weighted by Crippen LogP contribution is 2.19. The van der Waals surface area contributed by atoms with E-state index in [1.54, 1.807) is 12.0 Å². The van der Waals surface area contributed by atoms with E-state index < -0.39 is 0 Å². The van der Waals surface area contributed by atoms with Gasteiger partial charge in [-0.3, -0.25) is 4.90 Å². The number of hydrogen-bond acceptors (Lipinski definition) is 4. The van der Waals surface area contributed by atoms with Gasteiger partial charge in [0.25, 0.3) is 0 Å². The molecule has 0 unspecified atom stereocenters. The fourth-order valence-corrected chi connectivity index (χ4v) is 3.27. The molecule has 6 nitrogen and oxygen atoms in total. The van der Waals surface area contributed by atoms with Crippen LogP contribution in [0.4, 0.5) is 4.79 Å². The number of aliphatic hydroxyl groups is 1. The Bertz CT molecular complexity index is 524. The SMILES string of the molecule is CCN1CCC[C@H]1CNC(=O)N(CCO)Cc1ccccc1OC. The van der Waals surface area contributed by atoms with Gasteiger partial charge in [-0.1, -0.05) is 25.1 Å². The van der Waals surface area contributed by atoms with Crippen LogP contribution in [0.1, 0.15) is 25.3 Å². The minimum absolute atomic E-state index is 0.0624. The summed E-state index contributed by atoms with van der Waals surface area (Å²) in [6.45, 7) is 5.58. The zero-order valence-corrected chi connectivity index (χ0v) is 14.7.